The van der Waals surface area contributed by atoms with Gasteiger partial charge in [0.1, 0.15) is 0 Å². The van der Waals surface area contributed by atoms with Gasteiger partial charge in [-0.05, 0) is 48.9 Å². The Labute approximate surface area is 72.2 Å². The highest BCUT2D eigenvalue weighted by molar-refractivity contribution is 5.47. The second-order valence-electron chi connectivity index (χ2n) is 3.30. The quantitative estimate of drug-likeness (QED) is 0.623. The Bertz CT molecular complexity index is 283. The van der Waals surface area contributed by atoms with Gasteiger partial charge in [0.25, 0.3) is 0 Å². The van der Waals surface area contributed by atoms with E-state index in [4.69, 9.17) is 5.21 Å². The number of anilines is 1. The zero-order valence-electron chi connectivity index (χ0n) is 7.01. The van der Waals surface area contributed by atoms with Crippen molar-refractivity contribution in [2.24, 2.45) is 0 Å². The molecule has 2 rings (SSSR count). The van der Waals surface area contributed by atoms with Crippen LogP contribution in [0.2, 0.25) is 0 Å². The Morgan fingerprint density at radius 3 is 2.58 bits per heavy atom. The van der Waals surface area contributed by atoms with Crippen LogP contribution in [-0.2, 0) is 12.8 Å². The minimum absolute atomic E-state index is 0.802. The standard InChI is InChI=1S/C10H13NO/c12-11-10-6-5-8-3-1-2-4-9(8)7-10/h5-7,11-12H,1-4H2. The molecule has 0 fully saturated rings. The summed E-state index contributed by atoms with van der Waals surface area (Å²) in [6.07, 6.45) is 4.94. The van der Waals surface area contributed by atoms with E-state index in [2.05, 4.69) is 11.5 Å². The number of fused-ring (bicyclic) bond motifs is 1. The average Bonchev–Trinajstić information content (AvgIpc) is 2.17. The van der Waals surface area contributed by atoms with E-state index in [9.17, 15) is 0 Å². The molecule has 0 atom stereocenters. The topological polar surface area (TPSA) is 32.3 Å². The molecule has 1 aromatic rings. The van der Waals surface area contributed by atoms with Crippen molar-refractivity contribution in [2.45, 2.75) is 25.7 Å². The maximum Gasteiger partial charge on any atom is 0.0605 e. The third-order valence-corrected chi connectivity index (χ3v) is 2.48. The van der Waals surface area contributed by atoms with E-state index in [-0.39, 0.29) is 0 Å². The van der Waals surface area contributed by atoms with Crippen LogP contribution in [0.1, 0.15) is 24.0 Å². The van der Waals surface area contributed by atoms with E-state index in [1.165, 1.54) is 30.4 Å². The summed E-state index contributed by atoms with van der Waals surface area (Å²) in [4.78, 5) is 0. The van der Waals surface area contributed by atoms with Gasteiger partial charge in [-0.25, -0.2) is 0 Å². The lowest BCUT2D eigenvalue weighted by atomic mass is 9.91. The molecular weight excluding hydrogens is 150 g/mol. The second kappa shape index (κ2) is 3.15. The number of benzene rings is 1. The van der Waals surface area contributed by atoms with Crippen LogP contribution in [0.3, 0.4) is 0 Å². The average molecular weight is 163 g/mol. The van der Waals surface area contributed by atoms with Crippen LogP contribution in [0.15, 0.2) is 18.2 Å². The Morgan fingerprint density at radius 1 is 1.08 bits per heavy atom. The van der Waals surface area contributed by atoms with Crippen molar-refractivity contribution in [3.8, 4) is 0 Å². The first-order valence-electron chi connectivity index (χ1n) is 4.42. The van der Waals surface area contributed by atoms with Gasteiger partial charge in [0.15, 0.2) is 0 Å². The molecule has 1 aliphatic carbocycles. The van der Waals surface area contributed by atoms with E-state index < -0.39 is 0 Å². The van der Waals surface area contributed by atoms with Crippen LogP contribution < -0.4 is 5.48 Å². The zero-order valence-corrected chi connectivity index (χ0v) is 7.01. The fraction of sp³-hybridized carbons (Fsp3) is 0.400. The lowest BCUT2D eigenvalue weighted by Gasteiger charge is -2.15. The third kappa shape index (κ3) is 1.30. The van der Waals surface area contributed by atoms with E-state index in [0.717, 1.165) is 12.1 Å². The highest BCUT2D eigenvalue weighted by Crippen LogP contribution is 2.23. The Balaban J connectivity index is 2.36. The molecule has 0 spiro atoms. The molecule has 0 radical (unpaired) electrons. The monoisotopic (exact) mass is 163 g/mol. The Morgan fingerprint density at radius 2 is 1.83 bits per heavy atom. The molecule has 0 bridgehead atoms. The summed E-state index contributed by atoms with van der Waals surface area (Å²) in [5.41, 5.74) is 5.81. The molecular formula is C10H13NO. The Kier molecular flexibility index (Phi) is 2.00. The number of aryl methyl sites for hydroxylation is 2. The maximum absolute atomic E-state index is 8.69. The summed E-state index contributed by atoms with van der Waals surface area (Å²) >= 11 is 0. The van der Waals surface area contributed by atoms with Gasteiger partial charge in [-0.3, -0.25) is 10.7 Å². The van der Waals surface area contributed by atoms with E-state index in [1.807, 2.05) is 12.1 Å². The fourth-order valence-electron chi connectivity index (χ4n) is 1.80. The minimum atomic E-state index is 0.802. The van der Waals surface area contributed by atoms with Crippen molar-refractivity contribution in [2.75, 3.05) is 5.48 Å². The summed E-state index contributed by atoms with van der Waals surface area (Å²) in [6, 6.07) is 6.06. The fourth-order valence-corrected chi connectivity index (χ4v) is 1.80. The van der Waals surface area contributed by atoms with Gasteiger partial charge in [-0.15, -0.1) is 0 Å². The smallest absolute Gasteiger partial charge is 0.0605 e. The molecule has 2 nitrogen and oxygen atoms in total. The summed E-state index contributed by atoms with van der Waals surface area (Å²) in [6.45, 7) is 0. The van der Waals surface area contributed by atoms with Gasteiger partial charge in [0, 0.05) is 0 Å². The highest BCUT2D eigenvalue weighted by atomic mass is 16.5. The normalized spacial score (nSPS) is 15.4. The molecule has 12 heavy (non-hydrogen) atoms. The predicted molar refractivity (Wildman–Crippen MR) is 48.5 cm³/mol. The van der Waals surface area contributed by atoms with Gasteiger partial charge < -0.3 is 0 Å². The largest absolute Gasteiger partial charge is 0.291 e. The molecule has 1 aliphatic rings. The van der Waals surface area contributed by atoms with Crippen LogP contribution in [0.25, 0.3) is 0 Å². The molecule has 0 aromatic heterocycles. The van der Waals surface area contributed by atoms with Crippen LogP contribution in [-0.4, -0.2) is 5.21 Å². The molecule has 2 heteroatoms. The number of nitrogens with one attached hydrogen (secondary N) is 1. The van der Waals surface area contributed by atoms with Crippen LogP contribution in [0, 0.1) is 0 Å². The number of hydrogen-bond acceptors (Lipinski definition) is 2. The maximum atomic E-state index is 8.69. The van der Waals surface area contributed by atoms with E-state index in [1.54, 1.807) is 0 Å². The Hall–Kier alpha value is -1.02. The molecule has 64 valence electrons. The van der Waals surface area contributed by atoms with Crippen molar-refractivity contribution in [3.63, 3.8) is 0 Å². The van der Waals surface area contributed by atoms with Crippen molar-refractivity contribution in [3.05, 3.63) is 29.3 Å². The van der Waals surface area contributed by atoms with Crippen LogP contribution >= 0.6 is 0 Å². The first-order valence-corrected chi connectivity index (χ1v) is 4.42. The first-order chi connectivity index (χ1) is 5.90. The van der Waals surface area contributed by atoms with Gasteiger partial charge >= 0.3 is 0 Å². The molecule has 1 aromatic carbocycles. The summed E-state index contributed by atoms with van der Waals surface area (Å²) in [5.74, 6) is 0. The lowest BCUT2D eigenvalue weighted by Crippen LogP contribution is -2.03. The van der Waals surface area contributed by atoms with Crippen LogP contribution in [0.5, 0.6) is 0 Å². The van der Waals surface area contributed by atoms with E-state index in [0.29, 0.717) is 0 Å². The minimum Gasteiger partial charge on any atom is -0.291 e. The molecule has 0 saturated carbocycles. The van der Waals surface area contributed by atoms with E-state index >= 15 is 0 Å². The molecule has 0 amide bonds. The SMILES string of the molecule is ONc1ccc2c(c1)CCCC2. The molecule has 0 aliphatic heterocycles. The zero-order chi connectivity index (χ0) is 8.39. The molecule has 0 heterocycles. The second-order valence-corrected chi connectivity index (χ2v) is 3.30. The van der Waals surface area contributed by atoms with Crippen LogP contribution in [0.4, 0.5) is 5.69 Å². The van der Waals surface area contributed by atoms with Gasteiger partial charge in [-0.1, -0.05) is 6.07 Å². The molecule has 0 saturated heterocycles. The van der Waals surface area contributed by atoms with Crippen molar-refractivity contribution < 1.29 is 5.21 Å². The summed E-state index contributed by atoms with van der Waals surface area (Å²) in [7, 11) is 0. The lowest BCUT2D eigenvalue weighted by molar-refractivity contribution is 0.389. The van der Waals surface area contributed by atoms with Crippen molar-refractivity contribution >= 4 is 5.69 Å². The summed E-state index contributed by atoms with van der Waals surface area (Å²) < 4.78 is 0. The summed E-state index contributed by atoms with van der Waals surface area (Å²) in [5, 5.41) is 8.69. The van der Waals surface area contributed by atoms with Gasteiger partial charge in [0.05, 0.1) is 5.69 Å². The molecule has 2 N–H and O–H groups in total. The number of rotatable bonds is 1. The molecule has 0 unspecified atom stereocenters. The van der Waals surface area contributed by atoms with Crippen molar-refractivity contribution in [1.29, 1.82) is 0 Å². The first kappa shape index (κ1) is 7.62. The third-order valence-electron chi connectivity index (χ3n) is 2.48. The van der Waals surface area contributed by atoms with Gasteiger partial charge in [-0.2, -0.15) is 0 Å². The van der Waals surface area contributed by atoms with Crippen molar-refractivity contribution in [1.82, 2.24) is 0 Å². The van der Waals surface area contributed by atoms with Gasteiger partial charge in [0.2, 0.25) is 0 Å². The number of hydrogen-bond donors (Lipinski definition) is 2. The predicted octanol–water partition coefficient (Wildman–Crippen LogP) is 2.37. The highest BCUT2D eigenvalue weighted by Gasteiger charge is 2.08.